The van der Waals surface area contributed by atoms with E-state index in [1.54, 1.807) is 0 Å². The van der Waals surface area contributed by atoms with Crippen molar-refractivity contribution in [3.8, 4) is 0 Å². The van der Waals surface area contributed by atoms with Gasteiger partial charge in [0.1, 0.15) is 48.3 Å². The van der Waals surface area contributed by atoms with Crippen molar-refractivity contribution in [2.75, 3.05) is 19.8 Å². The molecule has 2 heterocycles. The zero-order valence-electron chi connectivity index (χ0n) is 40.0. The van der Waals surface area contributed by atoms with Crippen LogP contribution in [-0.4, -0.2) is 84.0 Å². The van der Waals surface area contributed by atoms with Gasteiger partial charge in [0.25, 0.3) is 0 Å². The van der Waals surface area contributed by atoms with Gasteiger partial charge in [-0.3, -0.25) is 0 Å². The van der Waals surface area contributed by atoms with Gasteiger partial charge in [-0.25, -0.2) is 0 Å². The smallest absolute Gasteiger partial charge is 0.154 e. The number of hydrogen-bond acceptors (Lipinski definition) is 10. The van der Waals surface area contributed by atoms with Crippen LogP contribution in [-0.2, 0) is 84.0 Å². The molecule has 2 fully saturated rings. The minimum absolute atomic E-state index is 0.00143. The summed E-state index contributed by atoms with van der Waals surface area (Å²) in [5, 5.41) is 26.2. The first kappa shape index (κ1) is 50.1. The third-order valence-electron chi connectivity index (χ3n) is 13.5. The van der Waals surface area contributed by atoms with Crippen LogP contribution in [0.15, 0.2) is 212 Å². The van der Waals surface area contributed by atoms with E-state index < -0.39 is 53.9 Å². The molecule has 10 heteroatoms. The van der Waals surface area contributed by atoms with Crippen molar-refractivity contribution < 1.29 is 48.1 Å². The Bertz CT molecular complexity index is 2580. The molecule has 2 N–H and O–H groups in total. The molecule has 0 aliphatic carbocycles. The Morgan fingerprint density at radius 3 is 1.23 bits per heavy atom. The zero-order chi connectivity index (χ0) is 48.6. The molecule has 0 amide bonds. The largest absolute Gasteiger partial charge is 0.388 e. The average Bonchev–Trinajstić information content (AvgIpc) is 3.42. The average molecular weight is 957 g/mol. The van der Waals surface area contributed by atoms with Crippen molar-refractivity contribution >= 4 is 0 Å². The van der Waals surface area contributed by atoms with Crippen LogP contribution in [0.2, 0.25) is 0 Å². The van der Waals surface area contributed by atoms with Crippen LogP contribution < -0.4 is 0 Å². The van der Waals surface area contributed by atoms with Gasteiger partial charge >= 0.3 is 0 Å². The number of hydrogen-bond donors (Lipinski definition) is 2. The number of benzene rings is 7. The molecule has 2 saturated heterocycles. The first-order valence-corrected chi connectivity index (χ1v) is 24.6. The quantitative estimate of drug-likeness (QED) is 0.0643. The van der Waals surface area contributed by atoms with Crippen molar-refractivity contribution in [3.63, 3.8) is 0 Å². The molecule has 0 saturated carbocycles. The molecule has 0 bridgehead atoms. The van der Waals surface area contributed by atoms with E-state index in [0.717, 1.165) is 38.9 Å². The predicted octanol–water partition coefficient (Wildman–Crippen LogP) is 9.63. The zero-order valence-corrected chi connectivity index (χ0v) is 40.0. The second-order valence-electron chi connectivity index (χ2n) is 18.4. The predicted molar refractivity (Wildman–Crippen MR) is 271 cm³/mol. The molecule has 0 unspecified atom stereocenters. The first-order chi connectivity index (χ1) is 35.0. The van der Waals surface area contributed by atoms with E-state index in [0.29, 0.717) is 0 Å². The van der Waals surface area contributed by atoms with E-state index in [9.17, 15) is 10.2 Å². The minimum Gasteiger partial charge on any atom is -0.388 e. The standard InChI is InChI=1S/C61H64O10/c62-53-43-66-55(45-65-38-48-26-12-3-13-27-48)61(70-42-52-34-20-7-21-35-52,57(53)67-39-49-28-14-4-15-29-49)59-56(63)58(68-40-50-30-16-5-17-31-50)60(36-46-22-8-1-9-23-46,69-41-51-32-18-6-19-33-51)54(71-59)44-64-37-47-24-10-2-11-25-47/h1-35,53-59,62-63H,36-45H2/t53-,54+,55+,56+,57+,58+,59+,60-,61+/m0/s1. The van der Waals surface area contributed by atoms with Gasteiger partial charge in [0.2, 0.25) is 0 Å². The molecule has 7 aromatic rings. The van der Waals surface area contributed by atoms with Crippen LogP contribution in [0.1, 0.15) is 38.9 Å². The van der Waals surface area contributed by atoms with Crippen molar-refractivity contribution in [1.29, 1.82) is 0 Å². The summed E-state index contributed by atoms with van der Waals surface area (Å²) in [5.41, 5.74) is 3.31. The van der Waals surface area contributed by atoms with E-state index >= 15 is 0 Å². The Morgan fingerprint density at radius 2 is 0.775 bits per heavy atom. The molecule has 9 rings (SSSR count). The summed E-state index contributed by atoms with van der Waals surface area (Å²) >= 11 is 0. The number of aliphatic hydroxyl groups is 2. The highest BCUT2D eigenvalue weighted by atomic mass is 16.7. The Morgan fingerprint density at radius 1 is 0.408 bits per heavy atom. The molecule has 0 aromatic heterocycles. The fourth-order valence-electron chi connectivity index (χ4n) is 9.90. The molecular formula is C61H64O10. The first-order valence-electron chi connectivity index (χ1n) is 24.6. The maximum Gasteiger partial charge on any atom is 0.154 e. The van der Waals surface area contributed by atoms with E-state index in [4.69, 9.17) is 37.9 Å². The van der Waals surface area contributed by atoms with Crippen molar-refractivity contribution in [2.45, 2.75) is 100.0 Å². The maximum absolute atomic E-state index is 13.8. The summed E-state index contributed by atoms with van der Waals surface area (Å²) in [7, 11) is 0. The second kappa shape index (κ2) is 25.0. The van der Waals surface area contributed by atoms with Crippen LogP contribution in [0.25, 0.3) is 0 Å². The molecule has 71 heavy (non-hydrogen) atoms. The van der Waals surface area contributed by atoms with Gasteiger partial charge < -0.3 is 48.1 Å². The number of rotatable bonds is 23. The van der Waals surface area contributed by atoms with Crippen LogP contribution in [0.3, 0.4) is 0 Å². The van der Waals surface area contributed by atoms with Crippen molar-refractivity contribution in [3.05, 3.63) is 251 Å². The maximum atomic E-state index is 13.8. The van der Waals surface area contributed by atoms with Gasteiger partial charge in [-0.15, -0.1) is 0 Å². The summed E-state index contributed by atoms with van der Waals surface area (Å²) in [6, 6.07) is 69.4. The summed E-state index contributed by atoms with van der Waals surface area (Å²) in [4.78, 5) is 0. The molecule has 368 valence electrons. The lowest BCUT2D eigenvalue weighted by atomic mass is 9.70. The van der Waals surface area contributed by atoms with Crippen LogP contribution >= 0.6 is 0 Å². The fraction of sp³-hybridized carbons (Fsp3) is 0.311. The SMILES string of the molecule is O[C@@H]1[C@@H](OCc2ccccc2)[C@@](Cc2ccccc2)(OCc2ccccc2)[C@@H](COCc2ccccc2)O[C@H]1[C@]1(OCc2ccccc2)[C@H](OCc2ccccc2)[C@@H](O)CO[C@@H]1COCc1ccccc1. The van der Waals surface area contributed by atoms with E-state index in [1.165, 1.54) is 0 Å². The summed E-state index contributed by atoms with van der Waals surface area (Å²) in [6.07, 6.45) is -7.86. The monoisotopic (exact) mass is 956 g/mol. The van der Waals surface area contributed by atoms with Gasteiger partial charge in [0.05, 0.1) is 59.5 Å². The molecule has 9 atom stereocenters. The number of aliphatic hydroxyl groups excluding tert-OH is 2. The highest BCUT2D eigenvalue weighted by Gasteiger charge is 2.68. The highest BCUT2D eigenvalue weighted by Crippen LogP contribution is 2.48. The highest BCUT2D eigenvalue weighted by molar-refractivity contribution is 5.26. The second-order valence-corrected chi connectivity index (χ2v) is 18.4. The molecule has 2 aliphatic rings. The van der Waals surface area contributed by atoms with Crippen LogP contribution in [0.5, 0.6) is 0 Å². The van der Waals surface area contributed by atoms with Crippen molar-refractivity contribution in [1.82, 2.24) is 0 Å². The topological polar surface area (TPSA) is 114 Å². The van der Waals surface area contributed by atoms with E-state index in [-0.39, 0.29) is 65.9 Å². The van der Waals surface area contributed by atoms with Gasteiger partial charge in [-0.1, -0.05) is 212 Å². The molecule has 10 nitrogen and oxygen atoms in total. The molecular weight excluding hydrogens is 893 g/mol. The normalized spacial score (nSPS) is 25.4. The van der Waals surface area contributed by atoms with Crippen LogP contribution in [0, 0.1) is 0 Å². The Kier molecular flexibility index (Phi) is 17.6. The van der Waals surface area contributed by atoms with E-state index in [1.807, 2.05) is 212 Å². The molecule has 7 aromatic carbocycles. The van der Waals surface area contributed by atoms with E-state index in [2.05, 4.69) is 0 Å². The fourth-order valence-corrected chi connectivity index (χ4v) is 9.90. The van der Waals surface area contributed by atoms with Gasteiger partial charge in [0.15, 0.2) is 5.60 Å². The minimum atomic E-state index is -1.76. The third kappa shape index (κ3) is 12.6. The summed E-state index contributed by atoms with van der Waals surface area (Å²) in [5.74, 6) is 0. The van der Waals surface area contributed by atoms with Crippen molar-refractivity contribution in [2.24, 2.45) is 0 Å². The lowest BCUT2D eigenvalue weighted by molar-refractivity contribution is -0.377. The lowest BCUT2D eigenvalue weighted by Crippen LogP contribution is -2.79. The van der Waals surface area contributed by atoms with Gasteiger partial charge in [-0.05, 0) is 38.9 Å². The summed E-state index contributed by atoms with van der Waals surface area (Å²) in [6.45, 7) is 0.953. The lowest BCUT2D eigenvalue weighted by Gasteiger charge is -2.60. The Labute approximate surface area is 417 Å². The molecule has 2 aliphatic heterocycles. The summed E-state index contributed by atoms with van der Waals surface area (Å²) < 4.78 is 56.6. The third-order valence-corrected chi connectivity index (χ3v) is 13.5. The Hall–Kier alpha value is -5.86. The van der Waals surface area contributed by atoms with Gasteiger partial charge in [0, 0.05) is 6.42 Å². The number of ether oxygens (including phenoxy) is 8. The molecule has 0 radical (unpaired) electrons. The van der Waals surface area contributed by atoms with Gasteiger partial charge in [-0.2, -0.15) is 0 Å². The van der Waals surface area contributed by atoms with Crippen LogP contribution in [0.4, 0.5) is 0 Å². The molecule has 0 spiro atoms. The Balaban J connectivity index is 1.21.